The standard InChI is InChI=1S/C7H5ClF3NO4S2/c8-17(13,14)6-2-1-4(3-5(6)9)12-18(15,16)7(10)11/h1-3,7,12H. The molecule has 102 valence electrons. The summed E-state index contributed by atoms with van der Waals surface area (Å²) in [4.78, 5) is -0.885. The molecule has 5 nitrogen and oxygen atoms in total. The maximum Gasteiger partial charge on any atom is 0.355 e. The van der Waals surface area contributed by atoms with Crippen LogP contribution in [0.15, 0.2) is 23.1 Å². The molecule has 0 saturated heterocycles. The van der Waals surface area contributed by atoms with Gasteiger partial charge in [0.05, 0.1) is 5.69 Å². The second-order valence-corrected chi connectivity index (χ2v) is 7.18. The molecule has 0 heterocycles. The second kappa shape index (κ2) is 4.94. The number of hydrogen-bond donors (Lipinski definition) is 1. The average molecular weight is 324 g/mol. The molecule has 0 spiro atoms. The molecule has 0 fully saturated rings. The van der Waals surface area contributed by atoms with Gasteiger partial charge in [-0.2, -0.15) is 8.78 Å². The molecule has 0 aliphatic rings. The van der Waals surface area contributed by atoms with Crippen molar-refractivity contribution in [3.05, 3.63) is 24.0 Å². The van der Waals surface area contributed by atoms with Crippen LogP contribution < -0.4 is 4.72 Å². The van der Waals surface area contributed by atoms with Crippen LogP contribution in [-0.2, 0) is 19.1 Å². The van der Waals surface area contributed by atoms with E-state index in [-0.39, 0.29) is 0 Å². The van der Waals surface area contributed by atoms with Gasteiger partial charge in [-0.25, -0.2) is 21.2 Å². The Hall–Kier alpha value is -1.00. The van der Waals surface area contributed by atoms with Gasteiger partial charge in [-0.1, -0.05) is 0 Å². The van der Waals surface area contributed by atoms with E-state index in [1.807, 2.05) is 0 Å². The minimum absolute atomic E-state index is 0.426. The van der Waals surface area contributed by atoms with E-state index in [1.165, 1.54) is 4.72 Å². The van der Waals surface area contributed by atoms with E-state index >= 15 is 0 Å². The number of rotatable bonds is 4. The van der Waals surface area contributed by atoms with Crippen LogP contribution in [0.3, 0.4) is 0 Å². The Balaban J connectivity index is 3.15. The lowest BCUT2D eigenvalue weighted by Gasteiger charge is -2.07. The molecule has 18 heavy (non-hydrogen) atoms. The highest BCUT2D eigenvalue weighted by Crippen LogP contribution is 2.23. The zero-order chi connectivity index (χ0) is 14.1. The van der Waals surface area contributed by atoms with Crippen LogP contribution in [0.4, 0.5) is 18.9 Å². The number of nitrogens with one attached hydrogen (secondary N) is 1. The molecule has 1 aromatic rings. The molecule has 0 bridgehead atoms. The SMILES string of the molecule is O=S(=O)(Cl)c1ccc(NS(=O)(=O)C(F)F)cc1F. The van der Waals surface area contributed by atoms with Gasteiger partial charge < -0.3 is 0 Å². The summed E-state index contributed by atoms with van der Waals surface area (Å²) in [5.41, 5.74) is -0.545. The largest absolute Gasteiger partial charge is 0.355 e. The summed E-state index contributed by atoms with van der Waals surface area (Å²) < 4.78 is 81.8. The van der Waals surface area contributed by atoms with Crippen molar-refractivity contribution >= 4 is 35.4 Å². The highest BCUT2D eigenvalue weighted by molar-refractivity contribution is 8.13. The fraction of sp³-hybridized carbons (Fsp3) is 0.143. The molecule has 0 unspecified atom stereocenters. The Morgan fingerprint density at radius 1 is 1.17 bits per heavy atom. The van der Waals surface area contributed by atoms with E-state index in [0.717, 1.165) is 6.07 Å². The van der Waals surface area contributed by atoms with E-state index in [4.69, 9.17) is 10.7 Å². The van der Waals surface area contributed by atoms with Crippen molar-refractivity contribution < 1.29 is 30.0 Å². The van der Waals surface area contributed by atoms with Gasteiger partial charge in [0.25, 0.3) is 19.1 Å². The number of halogens is 4. The average Bonchev–Trinajstić information content (AvgIpc) is 2.14. The molecule has 1 rings (SSSR count). The second-order valence-electron chi connectivity index (χ2n) is 2.99. The van der Waals surface area contributed by atoms with Crippen LogP contribution in [0.25, 0.3) is 0 Å². The lowest BCUT2D eigenvalue weighted by molar-refractivity contribution is 0.236. The Morgan fingerprint density at radius 2 is 1.72 bits per heavy atom. The molecule has 0 aliphatic heterocycles. The van der Waals surface area contributed by atoms with Gasteiger partial charge in [0.1, 0.15) is 10.7 Å². The topological polar surface area (TPSA) is 80.3 Å². The molecular formula is C7H5ClF3NO4S2. The molecule has 0 aromatic heterocycles. The maximum absolute atomic E-state index is 13.2. The van der Waals surface area contributed by atoms with Gasteiger partial charge in [-0.15, -0.1) is 0 Å². The zero-order valence-corrected chi connectivity index (χ0v) is 10.7. The van der Waals surface area contributed by atoms with E-state index < -0.39 is 41.2 Å². The number of benzene rings is 1. The van der Waals surface area contributed by atoms with Gasteiger partial charge in [-0.05, 0) is 18.2 Å². The summed E-state index contributed by atoms with van der Waals surface area (Å²) in [5, 5.41) is 0. The van der Waals surface area contributed by atoms with Crippen LogP contribution in [0.1, 0.15) is 0 Å². The van der Waals surface area contributed by atoms with Crippen molar-refractivity contribution in [3.8, 4) is 0 Å². The van der Waals surface area contributed by atoms with Crippen molar-refractivity contribution in [1.82, 2.24) is 0 Å². The van der Waals surface area contributed by atoms with Crippen LogP contribution in [0, 0.1) is 5.82 Å². The predicted octanol–water partition coefficient (Wildman–Crippen LogP) is 1.72. The zero-order valence-electron chi connectivity index (χ0n) is 8.27. The van der Waals surface area contributed by atoms with Gasteiger partial charge >= 0.3 is 5.76 Å². The third kappa shape index (κ3) is 3.50. The highest BCUT2D eigenvalue weighted by Gasteiger charge is 2.24. The molecule has 1 N–H and O–H groups in total. The number of anilines is 1. The monoisotopic (exact) mass is 323 g/mol. The first kappa shape index (κ1) is 15.1. The first-order valence-corrected chi connectivity index (χ1v) is 7.93. The number of sulfonamides is 1. The molecule has 1 aromatic carbocycles. The smallest absolute Gasteiger partial charge is 0.279 e. The molecular weight excluding hydrogens is 319 g/mol. The first-order chi connectivity index (χ1) is 8.04. The summed E-state index contributed by atoms with van der Waals surface area (Å²) in [7, 11) is -4.41. The Kier molecular flexibility index (Phi) is 4.13. The lowest BCUT2D eigenvalue weighted by Crippen LogP contribution is -2.20. The van der Waals surface area contributed by atoms with E-state index in [1.54, 1.807) is 0 Å². The minimum Gasteiger partial charge on any atom is -0.279 e. The third-order valence-corrected chi connectivity index (χ3v) is 4.03. The van der Waals surface area contributed by atoms with Crippen LogP contribution >= 0.6 is 10.7 Å². The van der Waals surface area contributed by atoms with Gasteiger partial charge in [0.15, 0.2) is 0 Å². The Labute approximate surface area is 105 Å². The molecule has 0 saturated carbocycles. The molecule has 11 heteroatoms. The summed E-state index contributed by atoms with van der Waals surface area (Å²) in [6.45, 7) is 0. The lowest BCUT2D eigenvalue weighted by atomic mass is 10.3. The highest BCUT2D eigenvalue weighted by atomic mass is 35.7. The minimum atomic E-state index is -4.95. The van der Waals surface area contributed by atoms with Crippen LogP contribution in [-0.4, -0.2) is 22.6 Å². The summed E-state index contributed by atoms with van der Waals surface area (Å²) in [5.74, 6) is -5.06. The van der Waals surface area contributed by atoms with Crippen molar-refractivity contribution in [2.24, 2.45) is 0 Å². The quantitative estimate of drug-likeness (QED) is 0.855. The molecule has 0 radical (unpaired) electrons. The Morgan fingerprint density at radius 3 is 2.11 bits per heavy atom. The molecule has 0 amide bonds. The van der Waals surface area contributed by atoms with E-state index in [0.29, 0.717) is 12.1 Å². The number of hydrogen-bond acceptors (Lipinski definition) is 4. The van der Waals surface area contributed by atoms with Gasteiger partial charge in [0, 0.05) is 10.7 Å². The van der Waals surface area contributed by atoms with Crippen molar-refractivity contribution in [1.29, 1.82) is 0 Å². The van der Waals surface area contributed by atoms with Crippen LogP contribution in [0.5, 0.6) is 0 Å². The van der Waals surface area contributed by atoms with Gasteiger partial charge in [-0.3, -0.25) is 4.72 Å². The van der Waals surface area contributed by atoms with E-state index in [2.05, 4.69) is 0 Å². The summed E-state index contributed by atoms with van der Waals surface area (Å²) >= 11 is 0. The normalized spacial score (nSPS) is 12.7. The van der Waals surface area contributed by atoms with Crippen molar-refractivity contribution in [2.45, 2.75) is 10.7 Å². The Bertz CT molecular complexity index is 659. The molecule has 0 atom stereocenters. The van der Waals surface area contributed by atoms with Crippen LogP contribution in [0.2, 0.25) is 0 Å². The third-order valence-electron chi connectivity index (χ3n) is 1.69. The predicted molar refractivity (Wildman–Crippen MR) is 58.0 cm³/mol. The van der Waals surface area contributed by atoms with E-state index in [9.17, 15) is 30.0 Å². The summed E-state index contributed by atoms with van der Waals surface area (Å²) in [6.07, 6.45) is 0. The number of alkyl halides is 2. The fourth-order valence-corrected chi connectivity index (χ4v) is 2.41. The van der Waals surface area contributed by atoms with Crippen molar-refractivity contribution in [2.75, 3.05) is 4.72 Å². The summed E-state index contributed by atoms with van der Waals surface area (Å²) in [6, 6.07) is 1.87. The maximum atomic E-state index is 13.2. The fourth-order valence-electron chi connectivity index (χ4n) is 0.971. The van der Waals surface area contributed by atoms with Gasteiger partial charge in [0.2, 0.25) is 0 Å². The first-order valence-electron chi connectivity index (χ1n) is 4.08. The molecule has 0 aliphatic carbocycles. The van der Waals surface area contributed by atoms with Crippen molar-refractivity contribution in [3.63, 3.8) is 0 Å².